The third-order valence-corrected chi connectivity index (χ3v) is 5.32. The minimum Gasteiger partial charge on any atom is -0.507 e. The summed E-state index contributed by atoms with van der Waals surface area (Å²) in [6.45, 7) is 9.10. The predicted molar refractivity (Wildman–Crippen MR) is 113 cm³/mol. The van der Waals surface area contributed by atoms with Crippen molar-refractivity contribution in [2.75, 3.05) is 32.8 Å². The van der Waals surface area contributed by atoms with E-state index in [-0.39, 0.29) is 11.3 Å². The number of carbonyl (C=O) groups excluding carboxylic acids is 2. The second-order valence-corrected chi connectivity index (χ2v) is 7.00. The molecule has 30 heavy (non-hydrogen) atoms. The Kier molecular flexibility index (Phi) is 6.95. The van der Waals surface area contributed by atoms with Crippen LogP contribution >= 0.6 is 0 Å². The number of Topliss-reactive ketones (excluding diaryl/α,β-unsaturated/α-hetero) is 1. The van der Waals surface area contributed by atoms with E-state index in [4.69, 9.17) is 9.15 Å². The van der Waals surface area contributed by atoms with Crippen LogP contribution in [0, 0.1) is 0 Å². The van der Waals surface area contributed by atoms with E-state index in [0.717, 1.165) is 13.1 Å². The van der Waals surface area contributed by atoms with Crippen LogP contribution in [0.1, 0.15) is 38.1 Å². The van der Waals surface area contributed by atoms with Crippen LogP contribution in [0.5, 0.6) is 5.75 Å². The molecule has 1 aliphatic heterocycles. The molecule has 7 heteroatoms. The van der Waals surface area contributed by atoms with Gasteiger partial charge >= 0.3 is 0 Å². The van der Waals surface area contributed by atoms with Crippen molar-refractivity contribution in [1.29, 1.82) is 0 Å². The minimum atomic E-state index is -0.772. The summed E-state index contributed by atoms with van der Waals surface area (Å²) in [7, 11) is 0. The van der Waals surface area contributed by atoms with Crippen molar-refractivity contribution in [2.45, 2.75) is 26.8 Å². The number of hydrogen-bond acceptors (Lipinski definition) is 6. The lowest BCUT2D eigenvalue weighted by Gasteiger charge is -2.26. The van der Waals surface area contributed by atoms with E-state index in [9.17, 15) is 14.7 Å². The van der Waals surface area contributed by atoms with Crippen LogP contribution in [-0.2, 0) is 9.59 Å². The highest BCUT2D eigenvalue weighted by molar-refractivity contribution is 6.46. The van der Waals surface area contributed by atoms with E-state index in [1.165, 1.54) is 11.2 Å². The molecule has 0 spiro atoms. The number of furan rings is 1. The van der Waals surface area contributed by atoms with Crippen LogP contribution in [0.2, 0.25) is 0 Å². The van der Waals surface area contributed by atoms with Crippen molar-refractivity contribution < 1.29 is 23.8 Å². The highest BCUT2D eigenvalue weighted by Crippen LogP contribution is 2.39. The molecular weight excluding hydrogens is 384 g/mol. The summed E-state index contributed by atoms with van der Waals surface area (Å²) in [5.74, 6) is -0.564. The van der Waals surface area contributed by atoms with E-state index < -0.39 is 17.7 Å². The van der Waals surface area contributed by atoms with Crippen molar-refractivity contribution in [1.82, 2.24) is 9.80 Å². The number of likely N-dealkylation sites (N-methyl/N-ethyl adjacent to an activating group) is 1. The molecule has 1 fully saturated rings. The van der Waals surface area contributed by atoms with Gasteiger partial charge in [0.2, 0.25) is 0 Å². The number of carbonyl (C=O) groups is 2. The van der Waals surface area contributed by atoms with Gasteiger partial charge in [-0.2, -0.15) is 0 Å². The van der Waals surface area contributed by atoms with Gasteiger partial charge in [-0.1, -0.05) is 26.0 Å². The van der Waals surface area contributed by atoms with Gasteiger partial charge in [-0.25, -0.2) is 0 Å². The third kappa shape index (κ3) is 4.26. The molecule has 0 radical (unpaired) electrons. The molecule has 1 aromatic carbocycles. The number of rotatable bonds is 9. The van der Waals surface area contributed by atoms with Crippen LogP contribution in [0.3, 0.4) is 0 Å². The molecule has 1 saturated heterocycles. The lowest BCUT2D eigenvalue weighted by molar-refractivity contribution is -0.140. The van der Waals surface area contributed by atoms with Crippen molar-refractivity contribution in [3.8, 4) is 5.75 Å². The average Bonchev–Trinajstić information content (AvgIpc) is 3.37. The Labute approximate surface area is 176 Å². The fourth-order valence-electron chi connectivity index (χ4n) is 3.70. The highest BCUT2D eigenvalue weighted by Gasteiger charge is 2.47. The maximum atomic E-state index is 12.9. The molecular formula is C23H28N2O5. The molecule has 1 N–H and O–H groups in total. The van der Waals surface area contributed by atoms with Gasteiger partial charge < -0.3 is 24.1 Å². The molecule has 2 heterocycles. The van der Waals surface area contributed by atoms with Gasteiger partial charge in [0.25, 0.3) is 11.7 Å². The van der Waals surface area contributed by atoms with Crippen LogP contribution in [-0.4, -0.2) is 59.4 Å². The monoisotopic (exact) mass is 412 g/mol. The largest absolute Gasteiger partial charge is 0.507 e. The van der Waals surface area contributed by atoms with Gasteiger partial charge in [-0.3, -0.25) is 9.59 Å². The zero-order valence-corrected chi connectivity index (χ0v) is 17.6. The smallest absolute Gasteiger partial charge is 0.295 e. The Bertz CT molecular complexity index is 915. The molecule has 0 aliphatic carbocycles. The minimum absolute atomic E-state index is 0.0307. The molecule has 7 nitrogen and oxygen atoms in total. The molecule has 0 saturated carbocycles. The zero-order chi connectivity index (χ0) is 21.7. The fraction of sp³-hybridized carbons (Fsp3) is 0.391. The average molecular weight is 412 g/mol. The summed E-state index contributed by atoms with van der Waals surface area (Å²) in [6.07, 6.45) is 1.50. The number of amides is 1. The van der Waals surface area contributed by atoms with Gasteiger partial charge in [0.15, 0.2) is 0 Å². The number of likely N-dealkylation sites (tertiary alicyclic amines) is 1. The number of aliphatic hydroxyl groups is 1. The Balaban J connectivity index is 2.03. The normalized spacial score (nSPS) is 18.4. The topological polar surface area (TPSA) is 83.2 Å². The second-order valence-electron chi connectivity index (χ2n) is 7.00. The molecule has 160 valence electrons. The summed E-state index contributed by atoms with van der Waals surface area (Å²) in [6, 6.07) is 9.49. The standard InChI is InChI=1S/C23H28N2O5/c1-4-24(5-2)12-13-25-20(18-11-8-14-30-18)19(22(27)23(25)28)21(26)16-9-7-10-17(15-16)29-6-3/h7-11,14-15,20,26H,4-6,12-13H2,1-3H3/b21-19+. The molecule has 0 bridgehead atoms. The van der Waals surface area contributed by atoms with Crippen molar-refractivity contribution in [3.63, 3.8) is 0 Å². The second kappa shape index (κ2) is 9.63. The van der Waals surface area contributed by atoms with E-state index in [0.29, 0.717) is 36.8 Å². The molecule has 1 amide bonds. The molecule has 1 atom stereocenters. The molecule has 1 aromatic heterocycles. The lowest BCUT2D eigenvalue weighted by atomic mass is 9.99. The molecule has 1 aliphatic rings. The first-order chi connectivity index (χ1) is 14.5. The van der Waals surface area contributed by atoms with Crippen molar-refractivity contribution >= 4 is 17.4 Å². The lowest BCUT2D eigenvalue weighted by Crippen LogP contribution is -2.37. The quantitative estimate of drug-likeness (QED) is 0.386. The maximum absolute atomic E-state index is 12.9. The molecule has 3 rings (SSSR count). The van der Waals surface area contributed by atoms with Crippen LogP contribution < -0.4 is 4.74 Å². The maximum Gasteiger partial charge on any atom is 0.295 e. The highest BCUT2D eigenvalue weighted by atomic mass is 16.5. The van der Waals surface area contributed by atoms with Gasteiger partial charge in [-0.15, -0.1) is 0 Å². The summed E-state index contributed by atoms with van der Waals surface area (Å²) in [5, 5.41) is 11.0. The summed E-state index contributed by atoms with van der Waals surface area (Å²) in [4.78, 5) is 29.5. The first-order valence-electron chi connectivity index (χ1n) is 10.3. The van der Waals surface area contributed by atoms with Gasteiger partial charge in [0.05, 0.1) is 18.4 Å². The number of hydrogen-bond donors (Lipinski definition) is 1. The molecule has 1 unspecified atom stereocenters. The Morgan fingerprint density at radius 2 is 1.93 bits per heavy atom. The number of ketones is 1. The summed E-state index contributed by atoms with van der Waals surface area (Å²) < 4.78 is 11.0. The Morgan fingerprint density at radius 3 is 2.57 bits per heavy atom. The fourth-order valence-corrected chi connectivity index (χ4v) is 3.70. The van der Waals surface area contributed by atoms with E-state index in [1.54, 1.807) is 36.4 Å². The van der Waals surface area contributed by atoms with E-state index >= 15 is 0 Å². The number of nitrogens with zero attached hydrogens (tertiary/aromatic N) is 2. The summed E-state index contributed by atoms with van der Waals surface area (Å²) >= 11 is 0. The number of ether oxygens (including phenoxy) is 1. The summed E-state index contributed by atoms with van der Waals surface area (Å²) in [5.41, 5.74) is 0.447. The van der Waals surface area contributed by atoms with Crippen LogP contribution in [0.15, 0.2) is 52.7 Å². The first kappa shape index (κ1) is 21.6. The van der Waals surface area contributed by atoms with E-state index in [1.807, 2.05) is 20.8 Å². The van der Waals surface area contributed by atoms with Crippen molar-refractivity contribution in [2.24, 2.45) is 0 Å². The van der Waals surface area contributed by atoms with Gasteiger partial charge in [-0.05, 0) is 44.3 Å². The Hall–Kier alpha value is -3.06. The third-order valence-electron chi connectivity index (χ3n) is 5.32. The Morgan fingerprint density at radius 1 is 1.17 bits per heavy atom. The van der Waals surface area contributed by atoms with Gasteiger partial charge in [0, 0.05) is 18.7 Å². The van der Waals surface area contributed by atoms with Gasteiger partial charge in [0.1, 0.15) is 23.3 Å². The predicted octanol–water partition coefficient (Wildman–Crippen LogP) is 3.44. The van der Waals surface area contributed by atoms with Crippen LogP contribution in [0.4, 0.5) is 0 Å². The first-order valence-corrected chi connectivity index (χ1v) is 10.3. The SMILES string of the molecule is CCOc1cccc(/C(O)=C2\C(=O)C(=O)N(CCN(CC)CC)C2c2ccco2)c1. The zero-order valence-electron chi connectivity index (χ0n) is 17.6. The van der Waals surface area contributed by atoms with Crippen LogP contribution in [0.25, 0.3) is 5.76 Å². The van der Waals surface area contributed by atoms with E-state index in [2.05, 4.69) is 4.90 Å². The number of aliphatic hydroxyl groups excluding tert-OH is 1. The number of benzene rings is 1. The molecule has 2 aromatic rings. The van der Waals surface area contributed by atoms with Crippen molar-refractivity contribution in [3.05, 3.63) is 59.6 Å².